The number of fused-ring (bicyclic) bond motifs is 1. The minimum absolute atomic E-state index is 0.125. The van der Waals surface area contributed by atoms with Crippen molar-refractivity contribution in [3.63, 3.8) is 0 Å². The summed E-state index contributed by atoms with van der Waals surface area (Å²) in [5.74, 6) is -0.798. The van der Waals surface area contributed by atoms with E-state index in [9.17, 15) is 14.7 Å². The van der Waals surface area contributed by atoms with Crippen LogP contribution in [0.25, 0.3) is 0 Å². The van der Waals surface area contributed by atoms with Crippen LogP contribution in [0, 0.1) is 0 Å². The summed E-state index contributed by atoms with van der Waals surface area (Å²) in [5.41, 5.74) is -0.880. The van der Waals surface area contributed by atoms with Gasteiger partial charge in [0.25, 0.3) is 5.91 Å². The molecule has 0 spiro atoms. The van der Waals surface area contributed by atoms with Crippen molar-refractivity contribution in [2.24, 2.45) is 0 Å². The quantitative estimate of drug-likeness (QED) is 0.616. The van der Waals surface area contributed by atoms with Crippen molar-refractivity contribution in [2.75, 3.05) is 4.90 Å². The molecule has 0 unspecified atom stereocenters. The van der Waals surface area contributed by atoms with Crippen LogP contribution in [0.2, 0.25) is 0 Å². The highest BCUT2D eigenvalue weighted by Gasteiger charge is 2.51. The molecular weight excluding hydrogens is 418 g/mol. The molecule has 5 nitrogen and oxygen atoms in total. The fourth-order valence-corrected chi connectivity index (χ4v) is 4.22. The highest BCUT2D eigenvalue weighted by molar-refractivity contribution is 9.10. The number of hydrogen-bond donors (Lipinski definition) is 1. The molecule has 4 rings (SSSR count). The van der Waals surface area contributed by atoms with Crippen LogP contribution in [-0.4, -0.2) is 16.8 Å². The number of Topliss-reactive ketones (excluding diaryl/α,β-unsaturated/α-hetero) is 1. The van der Waals surface area contributed by atoms with E-state index in [0.29, 0.717) is 17.8 Å². The Morgan fingerprint density at radius 2 is 2.12 bits per heavy atom. The third-order valence-electron chi connectivity index (χ3n) is 4.40. The number of carbonyl (C=O) groups is 2. The van der Waals surface area contributed by atoms with Crippen molar-refractivity contribution in [1.29, 1.82) is 0 Å². The second kappa shape index (κ2) is 6.50. The zero-order valence-corrected chi connectivity index (χ0v) is 15.9. The summed E-state index contributed by atoms with van der Waals surface area (Å²) in [7, 11) is 0. The predicted octanol–water partition coefficient (Wildman–Crippen LogP) is 4.11. The molecule has 3 heterocycles. The third kappa shape index (κ3) is 2.82. The Morgan fingerprint density at radius 3 is 2.81 bits per heavy atom. The molecule has 0 aliphatic carbocycles. The fourth-order valence-electron chi connectivity index (χ4n) is 3.17. The second-order valence-corrected chi connectivity index (χ2v) is 8.02. The molecular formula is C19H14BrNO4S. The summed E-state index contributed by atoms with van der Waals surface area (Å²) < 4.78 is 5.84. The van der Waals surface area contributed by atoms with Crippen molar-refractivity contribution in [2.45, 2.75) is 18.6 Å². The first-order valence-corrected chi connectivity index (χ1v) is 9.60. The van der Waals surface area contributed by atoms with Crippen molar-refractivity contribution in [3.8, 4) is 0 Å². The Morgan fingerprint density at radius 1 is 1.27 bits per heavy atom. The number of aliphatic hydroxyl groups is 1. The Bertz CT molecular complexity index is 968. The summed E-state index contributed by atoms with van der Waals surface area (Å²) in [6.45, 7) is 0.350. The number of thiophene rings is 1. The van der Waals surface area contributed by atoms with Crippen LogP contribution in [0.3, 0.4) is 0 Å². The van der Waals surface area contributed by atoms with E-state index in [4.69, 9.17) is 4.42 Å². The van der Waals surface area contributed by atoms with Gasteiger partial charge in [0.15, 0.2) is 11.4 Å². The lowest BCUT2D eigenvalue weighted by molar-refractivity contribution is -0.136. The maximum absolute atomic E-state index is 13.1. The van der Waals surface area contributed by atoms with Gasteiger partial charge in [0.1, 0.15) is 0 Å². The van der Waals surface area contributed by atoms with E-state index < -0.39 is 17.3 Å². The van der Waals surface area contributed by atoms with E-state index in [1.165, 1.54) is 28.6 Å². The maximum atomic E-state index is 13.1. The fraction of sp³-hybridized carbons (Fsp3) is 0.158. The molecule has 1 aliphatic heterocycles. The number of nitrogens with zero attached hydrogens (tertiary/aromatic N) is 1. The number of furan rings is 1. The van der Waals surface area contributed by atoms with Crippen LogP contribution in [0.1, 0.15) is 27.4 Å². The molecule has 2 aromatic heterocycles. The average molecular weight is 432 g/mol. The van der Waals surface area contributed by atoms with Crippen LogP contribution in [0.15, 0.2) is 63.0 Å². The van der Waals surface area contributed by atoms with Gasteiger partial charge in [0, 0.05) is 14.9 Å². The lowest BCUT2D eigenvalue weighted by atomic mass is 9.89. The number of rotatable bonds is 5. The summed E-state index contributed by atoms with van der Waals surface area (Å²) in [6, 6.07) is 12.3. The molecule has 0 bridgehead atoms. The monoisotopic (exact) mass is 431 g/mol. The van der Waals surface area contributed by atoms with Gasteiger partial charge in [0.2, 0.25) is 5.78 Å². The predicted molar refractivity (Wildman–Crippen MR) is 101 cm³/mol. The van der Waals surface area contributed by atoms with Crippen molar-refractivity contribution in [1.82, 2.24) is 0 Å². The molecule has 0 saturated heterocycles. The minimum atomic E-state index is -1.92. The second-order valence-electron chi connectivity index (χ2n) is 6.07. The van der Waals surface area contributed by atoms with Gasteiger partial charge in [-0.25, -0.2) is 0 Å². The number of carbonyl (C=O) groups excluding carboxylic acids is 2. The van der Waals surface area contributed by atoms with Gasteiger partial charge in [-0.3, -0.25) is 9.59 Å². The van der Waals surface area contributed by atoms with Crippen LogP contribution in [0.5, 0.6) is 0 Å². The molecule has 1 atom stereocenters. The van der Waals surface area contributed by atoms with E-state index in [2.05, 4.69) is 15.9 Å². The topological polar surface area (TPSA) is 70.8 Å². The Labute approximate surface area is 162 Å². The molecule has 132 valence electrons. The summed E-state index contributed by atoms with van der Waals surface area (Å²) >= 11 is 4.91. The van der Waals surface area contributed by atoms with E-state index in [1.54, 1.807) is 18.2 Å². The zero-order valence-electron chi connectivity index (χ0n) is 13.5. The van der Waals surface area contributed by atoms with E-state index in [1.807, 2.05) is 23.6 Å². The summed E-state index contributed by atoms with van der Waals surface area (Å²) in [4.78, 5) is 28.1. The standard InChI is InChI=1S/C19H14BrNO4S/c20-12-5-6-15-14(9-12)19(24,10-16(22)17-4-1-7-25-17)18(23)21(15)11-13-3-2-8-26-13/h1-9,24H,10-11H2/t19-/m0/s1. The molecule has 26 heavy (non-hydrogen) atoms. The SMILES string of the molecule is O=C(C[C@@]1(O)C(=O)N(Cc2cccs2)c2ccc(Br)cc21)c1ccco1. The summed E-state index contributed by atoms with van der Waals surface area (Å²) in [5, 5.41) is 13.2. The number of halogens is 1. The number of ketones is 1. The first-order valence-electron chi connectivity index (χ1n) is 7.92. The van der Waals surface area contributed by atoms with E-state index in [0.717, 1.165) is 9.35 Å². The van der Waals surface area contributed by atoms with Gasteiger partial charge in [-0.15, -0.1) is 11.3 Å². The molecule has 1 amide bonds. The smallest absolute Gasteiger partial charge is 0.264 e. The van der Waals surface area contributed by atoms with Crippen molar-refractivity contribution in [3.05, 3.63) is 74.8 Å². The number of anilines is 1. The van der Waals surface area contributed by atoms with Gasteiger partial charge in [-0.2, -0.15) is 0 Å². The third-order valence-corrected chi connectivity index (χ3v) is 5.75. The first-order chi connectivity index (χ1) is 12.5. The summed E-state index contributed by atoms with van der Waals surface area (Å²) in [6.07, 6.45) is 1.02. The lowest BCUT2D eigenvalue weighted by Crippen LogP contribution is -2.41. The molecule has 3 aromatic rings. The molecule has 0 radical (unpaired) electrons. The highest BCUT2D eigenvalue weighted by Crippen LogP contribution is 2.45. The van der Waals surface area contributed by atoms with Gasteiger partial charge >= 0.3 is 0 Å². The highest BCUT2D eigenvalue weighted by atomic mass is 79.9. The van der Waals surface area contributed by atoms with Crippen LogP contribution >= 0.6 is 27.3 Å². The molecule has 0 fully saturated rings. The maximum Gasteiger partial charge on any atom is 0.264 e. The Hall–Kier alpha value is -2.22. The number of amides is 1. The van der Waals surface area contributed by atoms with E-state index in [-0.39, 0.29) is 12.2 Å². The molecule has 1 N–H and O–H groups in total. The van der Waals surface area contributed by atoms with Gasteiger partial charge < -0.3 is 14.4 Å². The van der Waals surface area contributed by atoms with E-state index >= 15 is 0 Å². The normalized spacial score (nSPS) is 19.0. The first kappa shape index (κ1) is 17.2. The van der Waals surface area contributed by atoms with Crippen LogP contribution < -0.4 is 4.90 Å². The molecule has 1 aliphatic rings. The number of benzene rings is 1. The minimum Gasteiger partial charge on any atom is -0.461 e. The largest absolute Gasteiger partial charge is 0.461 e. The van der Waals surface area contributed by atoms with Crippen LogP contribution in [0.4, 0.5) is 5.69 Å². The van der Waals surface area contributed by atoms with Crippen molar-refractivity contribution >= 4 is 44.6 Å². The van der Waals surface area contributed by atoms with Crippen molar-refractivity contribution < 1.29 is 19.1 Å². The van der Waals surface area contributed by atoms with Crippen LogP contribution in [-0.2, 0) is 16.9 Å². The Kier molecular flexibility index (Phi) is 4.30. The lowest BCUT2D eigenvalue weighted by Gasteiger charge is -2.22. The van der Waals surface area contributed by atoms with Gasteiger partial charge in [-0.1, -0.05) is 22.0 Å². The zero-order chi connectivity index (χ0) is 18.3. The molecule has 0 saturated carbocycles. The molecule has 7 heteroatoms. The molecule has 1 aromatic carbocycles. The number of hydrogen-bond acceptors (Lipinski definition) is 5. The average Bonchev–Trinajstić information content (AvgIpc) is 3.35. The van der Waals surface area contributed by atoms with Gasteiger partial charge in [-0.05, 0) is 41.8 Å². The Balaban J connectivity index is 1.74. The van der Waals surface area contributed by atoms with Gasteiger partial charge in [0.05, 0.1) is 24.9 Å².